The summed E-state index contributed by atoms with van der Waals surface area (Å²) in [5.41, 5.74) is 0.382. The van der Waals surface area contributed by atoms with Crippen LogP contribution in [0.3, 0.4) is 0 Å². The van der Waals surface area contributed by atoms with Crippen LogP contribution in [0.2, 0.25) is 0 Å². The summed E-state index contributed by atoms with van der Waals surface area (Å²) in [7, 11) is 1.92. The van der Waals surface area contributed by atoms with Gasteiger partial charge in [-0.2, -0.15) is 24.9 Å². The van der Waals surface area contributed by atoms with Crippen LogP contribution in [0.1, 0.15) is 24.0 Å². The van der Waals surface area contributed by atoms with Crippen LogP contribution in [-0.2, 0) is 12.6 Å². The number of hydrogen-bond acceptors (Lipinski definition) is 2. The molecule has 106 valence electrons. The molecule has 1 aromatic carbocycles. The summed E-state index contributed by atoms with van der Waals surface area (Å²) in [5, 5.41) is 3.87. The molecule has 0 spiro atoms. The van der Waals surface area contributed by atoms with Gasteiger partial charge in [0.15, 0.2) is 0 Å². The van der Waals surface area contributed by atoms with E-state index >= 15 is 0 Å². The minimum absolute atomic E-state index is 0.337. The molecule has 0 radical (unpaired) electrons. The quantitative estimate of drug-likeness (QED) is 0.906. The Morgan fingerprint density at radius 2 is 2.00 bits per heavy atom. The average molecular weight is 289 g/mol. The number of alkyl halides is 3. The van der Waals surface area contributed by atoms with E-state index in [0.29, 0.717) is 11.3 Å². The fourth-order valence-electron chi connectivity index (χ4n) is 2.42. The molecule has 1 aliphatic rings. The Morgan fingerprint density at radius 1 is 1.32 bits per heavy atom. The number of nitrogens with one attached hydrogen (secondary N) is 1. The Morgan fingerprint density at radius 3 is 2.47 bits per heavy atom. The molecule has 19 heavy (non-hydrogen) atoms. The zero-order valence-electron chi connectivity index (χ0n) is 10.8. The van der Waals surface area contributed by atoms with Crippen molar-refractivity contribution in [3.05, 3.63) is 35.4 Å². The smallest absolute Gasteiger partial charge is 0.316 e. The summed E-state index contributed by atoms with van der Waals surface area (Å²) in [4.78, 5) is 0. The van der Waals surface area contributed by atoms with Gasteiger partial charge < -0.3 is 5.32 Å². The molecule has 0 aromatic heterocycles. The van der Waals surface area contributed by atoms with Gasteiger partial charge in [-0.25, -0.2) is 0 Å². The fourth-order valence-corrected chi connectivity index (χ4v) is 3.86. The van der Waals surface area contributed by atoms with Crippen molar-refractivity contribution < 1.29 is 13.2 Å². The second-order valence-electron chi connectivity index (χ2n) is 4.85. The highest BCUT2D eigenvalue weighted by Crippen LogP contribution is 2.31. The Hall–Kier alpha value is -0.680. The molecule has 0 bridgehead atoms. The molecule has 1 N–H and O–H groups in total. The van der Waals surface area contributed by atoms with Gasteiger partial charge in [0.1, 0.15) is 0 Å². The van der Waals surface area contributed by atoms with Gasteiger partial charge >= 0.3 is 6.18 Å². The minimum atomic E-state index is -4.25. The van der Waals surface area contributed by atoms with Crippen molar-refractivity contribution >= 4 is 11.8 Å². The van der Waals surface area contributed by atoms with E-state index in [0.717, 1.165) is 12.0 Å². The third-order valence-electron chi connectivity index (χ3n) is 3.52. The van der Waals surface area contributed by atoms with Crippen molar-refractivity contribution in [1.82, 2.24) is 5.32 Å². The second kappa shape index (κ2) is 6.18. The number of benzene rings is 1. The predicted molar refractivity (Wildman–Crippen MR) is 73.5 cm³/mol. The molecule has 0 amide bonds. The molecule has 1 heterocycles. The molecule has 1 aromatic rings. The summed E-state index contributed by atoms with van der Waals surface area (Å²) in [5.74, 6) is 1.19. The number of rotatable bonds is 4. The Balaban J connectivity index is 2.01. The lowest BCUT2D eigenvalue weighted by atomic mass is 10.00. The molecule has 1 saturated heterocycles. The largest absolute Gasteiger partial charge is 0.416 e. The zero-order chi connectivity index (χ0) is 13.9. The van der Waals surface area contributed by atoms with Gasteiger partial charge in [0, 0.05) is 11.3 Å². The van der Waals surface area contributed by atoms with Crippen molar-refractivity contribution in [3.8, 4) is 0 Å². The fraction of sp³-hybridized carbons (Fsp3) is 0.571. The summed E-state index contributed by atoms with van der Waals surface area (Å²) >= 11 is 1.96. The minimum Gasteiger partial charge on any atom is -0.316 e. The first-order valence-corrected chi connectivity index (χ1v) is 7.50. The average Bonchev–Trinajstić information content (AvgIpc) is 2.89. The number of likely N-dealkylation sites (N-methyl/N-ethyl adjacent to an activating group) is 1. The van der Waals surface area contributed by atoms with E-state index in [4.69, 9.17) is 0 Å². The molecule has 1 aliphatic heterocycles. The molecule has 0 aliphatic carbocycles. The monoisotopic (exact) mass is 289 g/mol. The van der Waals surface area contributed by atoms with Crippen molar-refractivity contribution in [3.63, 3.8) is 0 Å². The van der Waals surface area contributed by atoms with E-state index < -0.39 is 11.7 Å². The molecule has 2 atom stereocenters. The third-order valence-corrected chi connectivity index (χ3v) is 5.04. The maximum absolute atomic E-state index is 12.5. The van der Waals surface area contributed by atoms with Crippen molar-refractivity contribution in [2.24, 2.45) is 0 Å². The summed E-state index contributed by atoms with van der Waals surface area (Å²) in [6.07, 6.45) is -1.04. The van der Waals surface area contributed by atoms with Gasteiger partial charge in [-0.3, -0.25) is 0 Å². The van der Waals surface area contributed by atoms with E-state index in [1.165, 1.54) is 30.7 Å². The molecule has 0 saturated carbocycles. The lowest BCUT2D eigenvalue weighted by Crippen LogP contribution is -2.36. The van der Waals surface area contributed by atoms with Crippen LogP contribution in [0.15, 0.2) is 24.3 Å². The maximum atomic E-state index is 12.5. The lowest BCUT2D eigenvalue weighted by molar-refractivity contribution is -0.137. The third kappa shape index (κ3) is 3.89. The Labute approximate surface area is 116 Å². The van der Waals surface area contributed by atoms with Crippen LogP contribution in [0, 0.1) is 0 Å². The van der Waals surface area contributed by atoms with Gasteiger partial charge in [-0.1, -0.05) is 12.1 Å². The predicted octanol–water partition coefficient (Wildman–Crippen LogP) is 3.73. The second-order valence-corrected chi connectivity index (χ2v) is 6.19. The topological polar surface area (TPSA) is 12.0 Å². The highest BCUT2D eigenvalue weighted by atomic mass is 32.2. The highest BCUT2D eigenvalue weighted by Gasteiger charge is 2.30. The van der Waals surface area contributed by atoms with Crippen molar-refractivity contribution in [2.75, 3.05) is 12.8 Å². The molecular formula is C14H18F3NS. The normalized spacial score (nSPS) is 21.6. The first-order valence-electron chi connectivity index (χ1n) is 6.45. The van der Waals surface area contributed by atoms with E-state index in [9.17, 15) is 13.2 Å². The molecule has 1 fully saturated rings. The van der Waals surface area contributed by atoms with Crippen LogP contribution in [-0.4, -0.2) is 24.1 Å². The van der Waals surface area contributed by atoms with Crippen LogP contribution >= 0.6 is 11.8 Å². The first-order chi connectivity index (χ1) is 9.00. The Bertz CT molecular complexity index is 396. The van der Waals surface area contributed by atoms with Gasteiger partial charge in [-0.05, 0) is 49.8 Å². The van der Waals surface area contributed by atoms with E-state index in [2.05, 4.69) is 5.32 Å². The van der Waals surface area contributed by atoms with Crippen LogP contribution < -0.4 is 5.32 Å². The molecule has 2 unspecified atom stereocenters. The summed E-state index contributed by atoms with van der Waals surface area (Å²) in [6, 6.07) is 5.86. The zero-order valence-corrected chi connectivity index (χ0v) is 11.7. The van der Waals surface area contributed by atoms with E-state index in [-0.39, 0.29) is 0 Å². The molecule has 1 nitrogen and oxygen atoms in total. The van der Waals surface area contributed by atoms with Gasteiger partial charge in [0.05, 0.1) is 5.56 Å². The molecule has 5 heteroatoms. The van der Waals surface area contributed by atoms with E-state index in [1.54, 1.807) is 12.1 Å². The Kier molecular flexibility index (Phi) is 4.79. The summed E-state index contributed by atoms with van der Waals surface area (Å²) in [6.45, 7) is 0. The van der Waals surface area contributed by atoms with Crippen LogP contribution in [0.4, 0.5) is 13.2 Å². The van der Waals surface area contributed by atoms with Gasteiger partial charge in [0.2, 0.25) is 0 Å². The number of thioether (sulfide) groups is 1. The van der Waals surface area contributed by atoms with Gasteiger partial charge in [0.25, 0.3) is 0 Å². The van der Waals surface area contributed by atoms with Crippen molar-refractivity contribution in [2.45, 2.75) is 36.7 Å². The standard InChI is InChI=1S/C14H18F3NS/c1-18-12(13-3-2-8-19-13)9-10-4-6-11(7-5-10)14(15,16)17/h4-7,12-13,18H,2-3,8-9H2,1H3. The molecular weight excluding hydrogens is 271 g/mol. The van der Waals surface area contributed by atoms with Crippen LogP contribution in [0.5, 0.6) is 0 Å². The first kappa shape index (κ1) is 14.7. The molecule has 2 rings (SSSR count). The number of hydrogen-bond donors (Lipinski definition) is 1. The van der Waals surface area contributed by atoms with E-state index in [1.807, 2.05) is 18.8 Å². The number of halogens is 3. The maximum Gasteiger partial charge on any atom is 0.416 e. The highest BCUT2D eigenvalue weighted by molar-refractivity contribution is 8.00. The van der Waals surface area contributed by atoms with Crippen LogP contribution in [0.25, 0.3) is 0 Å². The SMILES string of the molecule is CNC(Cc1ccc(C(F)(F)F)cc1)C1CCCS1. The summed E-state index contributed by atoms with van der Waals surface area (Å²) < 4.78 is 37.4. The lowest BCUT2D eigenvalue weighted by Gasteiger charge is -2.22. The van der Waals surface area contributed by atoms with Gasteiger partial charge in [-0.15, -0.1) is 0 Å². The van der Waals surface area contributed by atoms with Crippen molar-refractivity contribution in [1.29, 1.82) is 0 Å².